The molecule has 0 radical (unpaired) electrons. The first kappa shape index (κ1) is 25.6. The lowest BCUT2D eigenvalue weighted by molar-refractivity contribution is -0.135. The number of nitrogens with one attached hydrogen (secondary N) is 1. The number of carbonyl (C=O) groups excluding carboxylic acids is 2. The van der Waals surface area contributed by atoms with Crippen LogP contribution in [0.15, 0.2) is 30.3 Å². The van der Waals surface area contributed by atoms with Crippen molar-refractivity contribution in [1.29, 1.82) is 0 Å². The monoisotopic (exact) mass is 553 g/mol. The lowest BCUT2D eigenvalue weighted by atomic mass is 9.94. The van der Waals surface area contributed by atoms with Gasteiger partial charge in [0.25, 0.3) is 11.8 Å². The number of ether oxygens (including phenoxy) is 2. The van der Waals surface area contributed by atoms with Crippen LogP contribution in [0.2, 0.25) is 5.15 Å². The molecule has 0 spiro atoms. The first-order valence-electron chi connectivity index (χ1n) is 13.2. The van der Waals surface area contributed by atoms with E-state index in [0.29, 0.717) is 24.3 Å². The van der Waals surface area contributed by atoms with Crippen LogP contribution in [-0.4, -0.2) is 57.6 Å². The number of aryl methyl sites for hydroxylation is 1. The molecule has 6 rings (SSSR count). The van der Waals surface area contributed by atoms with Crippen molar-refractivity contribution in [3.05, 3.63) is 69.8 Å². The van der Waals surface area contributed by atoms with Gasteiger partial charge in [0.1, 0.15) is 29.1 Å². The molecular formula is C28H29ClFN5O4. The van der Waals surface area contributed by atoms with E-state index in [4.69, 9.17) is 26.1 Å². The predicted molar refractivity (Wildman–Crippen MR) is 141 cm³/mol. The first-order chi connectivity index (χ1) is 18.9. The molecule has 1 atom stereocenters. The number of pyridine rings is 1. The Morgan fingerprint density at radius 2 is 1.97 bits per heavy atom. The molecule has 11 heteroatoms. The van der Waals surface area contributed by atoms with E-state index in [0.717, 1.165) is 55.9 Å². The molecule has 1 aromatic carbocycles. The van der Waals surface area contributed by atoms with Crippen molar-refractivity contribution in [2.24, 2.45) is 0 Å². The molecule has 4 heterocycles. The van der Waals surface area contributed by atoms with E-state index < -0.39 is 11.9 Å². The number of nitrogens with zero attached hydrogens (tertiary/aromatic N) is 4. The second kappa shape index (κ2) is 10.5. The van der Waals surface area contributed by atoms with Crippen LogP contribution in [-0.2, 0) is 24.2 Å². The number of imidazole rings is 1. The highest BCUT2D eigenvalue weighted by Gasteiger charge is 2.38. The van der Waals surface area contributed by atoms with Crippen LogP contribution in [0.3, 0.4) is 0 Å². The Labute approximate surface area is 230 Å². The number of fused-ring (bicyclic) bond motifs is 3. The summed E-state index contributed by atoms with van der Waals surface area (Å²) in [7, 11) is 1.49. The number of aromatic nitrogens is 3. The molecule has 1 saturated carbocycles. The number of hydrogen-bond acceptors (Lipinski definition) is 6. The third kappa shape index (κ3) is 5.05. The van der Waals surface area contributed by atoms with Crippen molar-refractivity contribution in [1.82, 2.24) is 24.8 Å². The SMILES string of the molecule is COc1ccc(C2c3c(nc4n3CCCC4)CCN2C(=O)COc2ccc(C(=O)NC3CC3)nc2Cl)c(F)c1. The van der Waals surface area contributed by atoms with Gasteiger partial charge >= 0.3 is 0 Å². The minimum Gasteiger partial charge on any atom is -0.497 e. The number of amides is 2. The van der Waals surface area contributed by atoms with E-state index in [1.54, 1.807) is 17.0 Å². The summed E-state index contributed by atoms with van der Waals surface area (Å²) in [5.74, 6) is 0.516. The minimum absolute atomic E-state index is 0.00483. The summed E-state index contributed by atoms with van der Waals surface area (Å²) in [6, 6.07) is 7.30. The van der Waals surface area contributed by atoms with Gasteiger partial charge in [0.2, 0.25) is 0 Å². The molecule has 0 bridgehead atoms. The maximum Gasteiger partial charge on any atom is 0.270 e. The number of rotatable bonds is 7. The number of halogens is 2. The maximum atomic E-state index is 15.4. The molecular weight excluding hydrogens is 525 g/mol. The van der Waals surface area contributed by atoms with Gasteiger partial charge in [-0.25, -0.2) is 14.4 Å². The summed E-state index contributed by atoms with van der Waals surface area (Å²) in [5.41, 5.74) is 2.34. The fraction of sp³-hybridized carbons (Fsp3) is 0.429. The van der Waals surface area contributed by atoms with Crippen molar-refractivity contribution < 1.29 is 23.5 Å². The van der Waals surface area contributed by atoms with Crippen LogP contribution in [0.5, 0.6) is 11.5 Å². The largest absolute Gasteiger partial charge is 0.497 e. The van der Waals surface area contributed by atoms with Gasteiger partial charge in [0, 0.05) is 43.6 Å². The van der Waals surface area contributed by atoms with Gasteiger partial charge in [0.15, 0.2) is 17.5 Å². The lowest BCUT2D eigenvalue weighted by Crippen LogP contribution is -2.44. The molecule has 2 amide bonds. The highest BCUT2D eigenvalue weighted by atomic mass is 35.5. The second-order valence-electron chi connectivity index (χ2n) is 10.1. The zero-order chi connectivity index (χ0) is 27.1. The minimum atomic E-state index is -0.655. The Morgan fingerprint density at radius 3 is 2.72 bits per heavy atom. The summed E-state index contributed by atoms with van der Waals surface area (Å²) in [6.07, 6.45) is 5.42. The van der Waals surface area contributed by atoms with Gasteiger partial charge < -0.3 is 24.3 Å². The van der Waals surface area contributed by atoms with E-state index in [1.165, 1.54) is 25.3 Å². The molecule has 3 aliphatic rings. The average Bonchev–Trinajstić information content (AvgIpc) is 3.68. The first-order valence-corrected chi connectivity index (χ1v) is 13.6. The van der Waals surface area contributed by atoms with Crippen LogP contribution in [0, 0.1) is 5.82 Å². The summed E-state index contributed by atoms with van der Waals surface area (Å²) in [6.45, 7) is 0.833. The molecule has 2 aliphatic heterocycles. The standard InChI is InChI=1S/C28H29ClFN5O4/c1-38-17-7-8-18(19(30)14-17)25-26-20(32-23-4-2-3-12-34(23)26)11-13-35(25)24(36)15-39-22-10-9-21(33-27(22)29)28(37)31-16-5-6-16/h7-10,14,16,25H,2-6,11-13,15H2,1H3,(H,31,37). The zero-order valence-corrected chi connectivity index (χ0v) is 22.3. The third-order valence-electron chi connectivity index (χ3n) is 7.49. The maximum absolute atomic E-state index is 15.4. The summed E-state index contributed by atoms with van der Waals surface area (Å²) in [4.78, 5) is 36.5. The van der Waals surface area contributed by atoms with Gasteiger partial charge in [0.05, 0.1) is 18.5 Å². The predicted octanol–water partition coefficient (Wildman–Crippen LogP) is 3.86. The highest BCUT2D eigenvalue weighted by molar-refractivity contribution is 6.31. The molecule has 2 aromatic heterocycles. The normalized spacial score (nSPS) is 18.2. The number of methoxy groups -OCH3 is 1. The zero-order valence-electron chi connectivity index (χ0n) is 21.6. The quantitative estimate of drug-likeness (QED) is 0.446. The van der Waals surface area contributed by atoms with E-state index in [2.05, 4.69) is 14.9 Å². The summed E-state index contributed by atoms with van der Waals surface area (Å²) < 4.78 is 28.6. The van der Waals surface area contributed by atoms with Gasteiger partial charge in [-0.15, -0.1) is 0 Å². The van der Waals surface area contributed by atoms with Crippen molar-refractivity contribution in [2.45, 2.75) is 57.2 Å². The smallest absolute Gasteiger partial charge is 0.270 e. The van der Waals surface area contributed by atoms with Crippen molar-refractivity contribution in [3.8, 4) is 11.5 Å². The fourth-order valence-corrected chi connectivity index (χ4v) is 5.57. The van der Waals surface area contributed by atoms with Crippen molar-refractivity contribution in [2.75, 3.05) is 20.3 Å². The van der Waals surface area contributed by atoms with Gasteiger partial charge in [-0.05, 0) is 49.9 Å². The van der Waals surface area contributed by atoms with Gasteiger partial charge in [-0.3, -0.25) is 9.59 Å². The van der Waals surface area contributed by atoms with Gasteiger partial charge in [-0.2, -0.15) is 0 Å². The number of hydrogen-bond donors (Lipinski definition) is 1. The van der Waals surface area contributed by atoms with E-state index in [9.17, 15) is 9.59 Å². The third-order valence-corrected chi connectivity index (χ3v) is 7.76. The molecule has 1 fully saturated rings. The Kier molecular flexibility index (Phi) is 6.88. The van der Waals surface area contributed by atoms with E-state index in [1.807, 2.05) is 0 Å². The Morgan fingerprint density at radius 1 is 1.13 bits per heavy atom. The van der Waals surface area contributed by atoms with E-state index >= 15 is 4.39 Å². The molecule has 39 heavy (non-hydrogen) atoms. The highest BCUT2D eigenvalue weighted by Crippen LogP contribution is 2.39. The molecule has 204 valence electrons. The molecule has 1 aliphatic carbocycles. The topological polar surface area (TPSA) is 98.6 Å². The fourth-order valence-electron chi connectivity index (χ4n) is 5.36. The van der Waals surface area contributed by atoms with Crippen LogP contribution >= 0.6 is 11.6 Å². The Hall–Kier alpha value is -3.66. The Bertz CT molecular complexity index is 1440. The molecule has 1 N–H and O–H groups in total. The van der Waals surface area contributed by atoms with Crippen LogP contribution in [0.25, 0.3) is 0 Å². The van der Waals surface area contributed by atoms with Crippen LogP contribution < -0.4 is 14.8 Å². The molecule has 3 aromatic rings. The van der Waals surface area contributed by atoms with Crippen molar-refractivity contribution >= 4 is 23.4 Å². The molecule has 9 nitrogen and oxygen atoms in total. The summed E-state index contributed by atoms with van der Waals surface area (Å²) >= 11 is 6.29. The van der Waals surface area contributed by atoms with Gasteiger partial charge in [-0.1, -0.05) is 11.6 Å². The molecule has 0 saturated heterocycles. The molecule has 1 unspecified atom stereocenters. The van der Waals surface area contributed by atoms with Crippen LogP contribution in [0.1, 0.15) is 65.0 Å². The average molecular weight is 554 g/mol. The van der Waals surface area contributed by atoms with Crippen LogP contribution in [0.4, 0.5) is 4.39 Å². The lowest BCUT2D eigenvalue weighted by Gasteiger charge is -2.37. The number of benzene rings is 1. The van der Waals surface area contributed by atoms with E-state index in [-0.39, 0.29) is 41.1 Å². The summed E-state index contributed by atoms with van der Waals surface area (Å²) in [5, 5.41) is 2.86. The Balaban J connectivity index is 1.26. The second-order valence-corrected chi connectivity index (χ2v) is 10.5. The van der Waals surface area contributed by atoms with Crippen molar-refractivity contribution in [3.63, 3.8) is 0 Å². The number of carbonyl (C=O) groups is 2.